The lowest BCUT2D eigenvalue weighted by Gasteiger charge is -2.20. The summed E-state index contributed by atoms with van der Waals surface area (Å²) in [5.41, 5.74) is 6.72. The summed E-state index contributed by atoms with van der Waals surface area (Å²) in [5.74, 6) is 1.19. The Labute approximate surface area is 150 Å². The summed E-state index contributed by atoms with van der Waals surface area (Å²) in [6.07, 6.45) is 4.80. The Balaban J connectivity index is 0.00000288. The van der Waals surface area contributed by atoms with Gasteiger partial charge in [-0.3, -0.25) is 4.79 Å². The fourth-order valence-electron chi connectivity index (χ4n) is 2.75. The maximum absolute atomic E-state index is 12.1. The highest BCUT2D eigenvalue weighted by Crippen LogP contribution is 2.34. The van der Waals surface area contributed by atoms with Crippen LogP contribution < -0.4 is 20.5 Å². The van der Waals surface area contributed by atoms with Crippen LogP contribution in [0, 0.1) is 5.92 Å². The Hall–Kier alpha value is -1.46. The van der Waals surface area contributed by atoms with Crippen LogP contribution in [0.2, 0.25) is 0 Å². The van der Waals surface area contributed by atoms with Crippen LogP contribution in [0.5, 0.6) is 11.5 Å². The number of benzene rings is 1. The predicted octanol–water partition coefficient (Wildman–Crippen LogP) is 3.04. The smallest absolute Gasteiger partial charge is 0.224 e. The first-order valence-corrected chi connectivity index (χ1v) is 8.38. The number of ether oxygens (including phenoxy) is 2. The molecule has 24 heavy (non-hydrogen) atoms. The Morgan fingerprint density at radius 2 is 2.00 bits per heavy atom. The highest BCUT2D eigenvalue weighted by molar-refractivity contribution is 5.85. The van der Waals surface area contributed by atoms with Crippen molar-refractivity contribution in [2.75, 3.05) is 7.11 Å². The molecule has 0 aliphatic heterocycles. The molecule has 136 valence electrons. The molecule has 2 unspecified atom stereocenters. The highest BCUT2D eigenvalue weighted by Gasteiger charge is 2.21. The number of rotatable bonds is 7. The van der Waals surface area contributed by atoms with E-state index in [1.165, 1.54) is 12.8 Å². The largest absolute Gasteiger partial charge is 0.493 e. The summed E-state index contributed by atoms with van der Waals surface area (Å²) in [7, 11) is 1.64. The number of carbonyl (C=O) groups is 1. The summed E-state index contributed by atoms with van der Waals surface area (Å²) in [6.45, 7) is 4.08. The summed E-state index contributed by atoms with van der Waals surface area (Å²) >= 11 is 0. The van der Waals surface area contributed by atoms with E-state index in [0.717, 1.165) is 24.2 Å². The van der Waals surface area contributed by atoms with Crippen LogP contribution in [0.25, 0.3) is 0 Å². The molecule has 1 aromatic carbocycles. The Morgan fingerprint density at radius 3 is 2.58 bits per heavy atom. The van der Waals surface area contributed by atoms with Crippen LogP contribution in [0.15, 0.2) is 18.2 Å². The molecule has 5 nitrogen and oxygen atoms in total. The second-order valence-corrected chi connectivity index (χ2v) is 6.34. The first kappa shape index (κ1) is 20.6. The molecular formula is C18H29ClN2O3. The minimum absolute atomic E-state index is 0. The number of nitrogens with one attached hydrogen (secondary N) is 1. The normalized spacial score (nSPS) is 16.8. The predicted molar refractivity (Wildman–Crippen MR) is 97.8 cm³/mol. The number of hydrogen-bond donors (Lipinski definition) is 2. The first-order chi connectivity index (χ1) is 11.0. The number of hydrogen-bond acceptors (Lipinski definition) is 4. The second-order valence-electron chi connectivity index (χ2n) is 6.34. The number of carbonyl (C=O) groups excluding carboxylic acids is 1. The SMILES string of the molecule is COc1cccc(CNC(=O)C(C)C(C)N)c1OC1CCCC1.Cl. The molecule has 1 saturated carbocycles. The third kappa shape index (κ3) is 5.28. The quantitative estimate of drug-likeness (QED) is 0.787. The number of amides is 1. The maximum Gasteiger partial charge on any atom is 0.224 e. The van der Waals surface area contributed by atoms with Crippen molar-refractivity contribution in [3.05, 3.63) is 23.8 Å². The molecule has 2 atom stereocenters. The fraction of sp³-hybridized carbons (Fsp3) is 0.611. The van der Waals surface area contributed by atoms with Gasteiger partial charge in [-0.2, -0.15) is 0 Å². The van der Waals surface area contributed by atoms with E-state index in [4.69, 9.17) is 15.2 Å². The highest BCUT2D eigenvalue weighted by atomic mass is 35.5. The molecule has 1 fully saturated rings. The third-order valence-corrected chi connectivity index (χ3v) is 4.52. The monoisotopic (exact) mass is 356 g/mol. The van der Waals surface area contributed by atoms with E-state index < -0.39 is 0 Å². The van der Waals surface area contributed by atoms with E-state index in [9.17, 15) is 4.79 Å². The van der Waals surface area contributed by atoms with Crippen molar-refractivity contribution >= 4 is 18.3 Å². The van der Waals surface area contributed by atoms with Crippen LogP contribution in [0.4, 0.5) is 0 Å². The summed E-state index contributed by atoms with van der Waals surface area (Å²) in [4.78, 5) is 12.1. The number of methoxy groups -OCH3 is 1. The summed E-state index contributed by atoms with van der Waals surface area (Å²) in [5, 5.41) is 2.94. The molecule has 0 saturated heterocycles. The van der Waals surface area contributed by atoms with Crippen molar-refractivity contribution in [2.24, 2.45) is 11.7 Å². The van der Waals surface area contributed by atoms with Crippen LogP contribution in [-0.4, -0.2) is 25.2 Å². The fourth-order valence-corrected chi connectivity index (χ4v) is 2.75. The minimum Gasteiger partial charge on any atom is -0.493 e. The number of nitrogens with two attached hydrogens (primary N) is 1. The van der Waals surface area contributed by atoms with E-state index in [0.29, 0.717) is 12.3 Å². The van der Waals surface area contributed by atoms with Crippen molar-refractivity contribution in [1.82, 2.24) is 5.32 Å². The van der Waals surface area contributed by atoms with Gasteiger partial charge in [0.1, 0.15) is 0 Å². The van der Waals surface area contributed by atoms with Crippen molar-refractivity contribution in [2.45, 2.75) is 58.2 Å². The van der Waals surface area contributed by atoms with Gasteiger partial charge in [0.2, 0.25) is 5.91 Å². The van der Waals surface area contributed by atoms with Crippen LogP contribution in [-0.2, 0) is 11.3 Å². The zero-order valence-electron chi connectivity index (χ0n) is 14.7. The lowest BCUT2D eigenvalue weighted by Crippen LogP contribution is -2.38. The molecule has 1 aliphatic rings. The summed E-state index contributed by atoms with van der Waals surface area (Å²) in [6, 6.07) is 5.59. The first-order valence-electron chi connectivity index (χ1n) is 8.38. The van der Waals surface area contributed by atoms with Gasteiger partial charge >= 0.3 is 0 Å². The molecule has 3 N–H and O–H groups in total. The standard InChI is InChI=1S/C18H28N2O3.ClH/c1-12(13(2)19)18(21)20-11-14-7-6-10-16(22-3)17(14)23-15-8-4-5-9-15;/h6-7,10,12-13,15H,4-5,8-9,11,19H2,1-3H3,(H,20,21);1H. The molecule has 0 radical (unpaired) electrons. The molecule has 1 amide bonds. The Morgan fingerprint density at radius 1 is 1.33 bits per heavy atom. The average molecular weight is 357 g/mol. The molecule has 6 heteroatoms. The van der Waals surface area contributed by atoms with Gasteiger partial charge in [0.25, 0.3) is 0 Å². The van der Waals surface area contributed by atoms with Crippen molar-refractivity contribution in [3.8, 4) is 11.5 Å². The van der Waals surface area contributed by atoms with Gasteiger partial charge in [0.05, 0.1) is 13.2 Å². The molecule has 0 aromatic heterocycles. The van der Waals surface area contributed by atoms with Crippen LogP contribution >= 0.6 is 12.4 Å². The molecule has 1 aromatic rings. The van der Waals surface area contributed by atoms with Crippen molar-refractivity contribution < 1.29 is 14.3 Å². The molecule has 1 aliphatic carbocycles. The van der Waals surface area contributed by atoms with Gasteiger partial charge in [0, 0.05) is 24.1 Å². The molecule has 0 spiro atoms. The lowest BCUT2D eigenvalue weighted by atomic mass is 10.0. The topological polar surface area (TPSA) is 73.6 Å². The summed E-state index contributed by atoms with van der Waals surface area (Å²) < 4.78 is 11.6. The van der Waals surface area contributed by atoms with Gasteiger partial charge in [-0.05, 0) is 38.7 Å². The van der Waals surface area contributed by atoms with E-state index in [2.05, 4.69) is 5.32 Å². The van der Waals surface area contributed by atoms with Gasteiger partial charge in [-0.15, -0.1) is 12.4 Å². The van der Waals surface area contributed by atoms with Gasteiger partial charge in [-0.25, -0.2) is 0 Å². The van der Waals surface area contributed by atoms with E-state index in [1.54, 1.807) is 7.11 Å². The second kappa shape index (κ2) is 9.74. The molecule has 0 heterocycles. The lowest BCUT2D eigenvalue weighted by molar-refractivity contribution is -0.125. The Kier molecular flexibility index (Phi) is 8.36. The van der Waals surface area contributed by atoms with Crippen LogP contribution in [0.3, 0.4) is 0 Å². The zero-order chi connectivity index (χ0) is 16.8. The van der Waals surface area contributed by atoms with E-state index in [1.807, 2.05) is 32.0 Å². The van der Waals surface area contributed by atoms with Gasteiger partial charge < -0.3 is 20.5 Å². The Bertz CT molecular complexity index is 531. The van der Waals surface area contributed by atoms with Crippen molar-refractivity contribution in [1.29, 1.82) is 0 Å². The number of halogens is 1. The zero-order valence-corrected chi connectivity index (χ0v) is 15.5. The number of para-hydroxylation sites is 1. The maximum atomic E-state index is 12.1. The molecule has 0 bridgehead atoms. The average Bonchev–Trinajstić information content (AvgIpc) is 3.05. The minimum atomic E-state index is -0.222. The van der Waals surface area contributed by atoms with E-state index in [-0.39, 0.29) is 36.4 Å². The third-order valence-electron chi connectivity index (χ3n) is 4.52. The molecular weight excluding hydrogens is 328 g/mol. The van der Waals surface area contributed by atoms with Crippen LogP contribution in [0.1, 0.15) is 45.1 Å². The molecule has 2 rings (SSSR count). The van der Waals surface area contributed by atoms with E-state index >= 15 is 0 Å². The van der Waals surface area contributed by atoms with Crippen molar-refractivity contribution in [3.63, 3.8) is 0 Å². The van der Waals surface area contributed by atoms with Gasteiger partial charge in [0.15, 0.2) is 11.5 Å². The van der Waals surface area contributed by atoms with Gasteiger partial charge in [-0.1, -0.05) is 19.1 Å².